The van der Waals surface area contributed by atoms with Crippen LogP contribution < -0.4 is 0 Å². The summed E-state index contributed by atoms with van der Waals surface area (Å²) in [5, 5.41) is 1.74. The highest BCUT2D eigenvalue weighted by Gasteiger charge is 2.31. The third kappa shape index (κ3) is 3.26. The molecule has 1 aliphatic rings. The van der Waals surface area contributed by atoms with Crippen molar-refractivity contribution in [3.8, 4) is 0 Å². The van der Waals surface area contributed by atoms with Crippen LogP contribution in [0.1, 0.15) is 16.2 Å². The van der Waals surface area contributed by atoms with Crippen LogP contribution in [0.25, 0.3) is 0 Å². The van der Waals surface area contributed by atoms with Gasteiger partial charge in [0.05, 0.1) is 11.9 Å². The number of amides is 1. The molecule has 1 amide bonds. The largest absolute Gasteiger partial charge is 0.335 e. The zero-order valence-corrected chi connectivity index (χ0v) is 14.2. The molecule has 2 aromatic heterocycles. The van der Waals surface area contributed by atoms with E-state index < -0.39 is 10.0 Å². The number of carbonyl (C=O) groups excluding carboxylic acids is 1. The van der Waals surface area contributed by atoms with Gasteiger partial charge in [-0.3, -0.25) is 9.78 Å². The Bertz CT molecular complexity index is 780. The predicted octanol–water partition coefficient (Wildman–Crippen LogP) is 0.993. The molecule has 122 valence electrons. The van der Waals surface area contributed by atoms with Gasteiger partial charge < -0.3 is 4.90 Å². The third-order valence-electron chi connectivity index (χ3n) is 3.62. The van der Waals surface area contributed by atoms with Crippen molar-refractivity contribution < 1.29 is 13.2 Å². The lowest BCUT2D eigenvalue weighted by molar-refractivity contribution is 0.0691. The number of sulfonamides is 1. The molecule has 2 aromatic rings. The van der Waals surface area contributed by atoms with E-state index in [4.69, 9.17) is 0 Å². The molecule has 9 heteroatoms. The van der Waals surface area contributed by atoms with Gasteiger partial charge in [0.1, 0.15) is 9.90 Å². The smallest absolute Gasteiger partial charge is 0.274 e. The van der Waals surface area contributed by atoms with Crippen molar-refractivity contribution in [2.24, 2.45) is 0 Å². The summed E-state index contributed by atoms with van der Waals surface area (Å²) in [4.78, 5) is 22.1. The monoisotopic (exact) mass is 352 g/mol. The number of thiophene rings is 1. The molecule has 0 spiro atoms. The van der Waals surface area contributed by atoms with E-state index in [2.05, 4.69) is 9.97 Å². The summed E-state index contributed by atoms with van der Waals surface area (Å²) in [5.41, 5.74) is 1.03. The first kappa shape index (κ1) is 16.0. The first-order valence-electron chi connectivity index (χ1n) is 7.10. The van der Waals surface area contributed by atoms with E-state index >= 15 is 0 Å². The molecular weight excluding hydrogens is 336 g/mol. The molecule has 0 radical (unpaired) electrons. The van der Waals surface area contributed by atoms with E-state index in [0.717, 1.165) is 5.69 Å². The topological polar surface area (TPSA) is 83.5 Å². The SMILES string of the molecule is Cc1cnc(C(=O)N2CCN(S(=O)(=O)c3cccs3)CC2)cn1. The average Bonchev–Trinajstić information content (AvgIpc) is 3.10. The van der Waals surface area contributed by atoms with Gasteiger partial charge in [0.15, 0.2) is 0 Å². The molecular formula is C14H16N4O3S2. The van der Waals surface area contributed by atoms with Crippen LogP contribution in [0.2, 0.25) is 0 Å². The van der Waals surface area contributed by atoms with E-state index in [9.17, 15) is 13.2 Å². The summed E-state index contributed by atoms with van der Waals surface area (Å²) in [7, 11) is -3.45. The van der Waals surface area contributed by atoms with Crippen molar-refractivity contribution in [3.63, 3.8) is 0 Å². The number of piperazine rings is 1. The van der Waals surface area contributed by atoms with Gasteiger partial charge in [0, 0.05) is 32.4 Å². The second-order valence-electron chi connectivity index (χ2n) is 5.17. The fourth-order valence-electron chi connectivity index (χ4n) is 2.33. The standard InChI is InChI=1S/C14H16N4O3S2/c1-11-9-16-12(10-15-11)14(19)17-4-6-18(7-5-17)23(20,21)13-3-2-8-22-13/h2-3,8-10H,4-7H2,1H3. The molecule has 23 heavy (non-hydrogen) atoms. The number of aryl methyl sites for hydroxylation is 1. The highest BCUT2D eigenvalue weighted by atomic mass is 32.2. The lowest BCUT2D eigenvalue weighted by atomic mass is 10.3. The number of carbonyl (C=O) groups is 1. The third-order valence-corrected chi connectivity index (χ3v) is 6.89. The van der Waals surface area contributed by atoms with Crippen molar-refractivity contribution in [2.75, 3.05) is 26.2 Å². The van der Waals surface area contributed by atoms with E-state index in [1.54, 1.807) is 35.5 Å². The van der Waals surface area contributed by atoms with E-state index in [1.165, 1.54) is 21.8 Å². The molecule has 0 saturated carbocycles. The van der Waals surface area contributed by atoms with Crippen molar-refractivity contribution in [1.29, 1.82) is 0 Å². The maximum absolute atomic E-state index is 12.4. The Hall–Kier alpha value is -1.84. The molecule has 1 aliphatic heterocycles. The molecule has 7 nitrogen and oxygen atoms in total. The van der Waals surface area contributed by atoms with Gasteiger partial charge in [-0.25, -0.2) is 13.4 Å². The molecule has 0 N–H and O–H groups in total. The molecule has 0 bridgehead atoms. The maximum Gasteiger partial charge on any atom is 0.274 e. The number of rotatable bonds is 3. The van der Waals surface area contributed by atoms with Crippen LogP contribution in [0.3, 0.4) is 0 Å². The molecule has 0 aromatic carbocycles. The predicted molar refractivity (Wildman–Crippen MR) is 85.8 cm³/mol. The Morgan fingerprint density at radius 3 is 2.48 bits per heavy atom. The summed E-state index contributed by atoms with van der Waals surface area (Å²) in [6, 6.07) is 3.31. The zero-order chi connectivity index (χ0) is 16.4. The van der Waals surface area contributed by atoms with Crippen LogP contribution in [0, 0.1) is 6.92 Å². The highest BCUT2D eigenvalue weighted by Crippen LogP contribution is 2.22. The Labute approximate surface area is 138 Å². The van der Waals surface area contributed by atoms with Crippen molar-refractivity contribution in [1.82, 2.24) is 19.2 Å². The van der Waals surface area contributed by atoms with E-state index in [0.29, 0.717) is 17.3 Å². The molecule has 3 rings (SSSR count). The molecule has 3 heterocycles. The number of nitrogens with zero attached hydrogens (tertiary/aromatic N) is 4. The second-order valence-corrected chi connectivity index (χ2v) is 8.28. The van der Waals surface area contributed by atoms with Crippen molar-refractivity contribution in [3.05, 3.63) is 41.3 Å². The summed E-state index contributed by atoms with van der Waals surface area (Å²) in [6.45, 7) is 3.06. The first-order valence-corrected chi connectivity index (χ1v) is 9.42. The van der Waals surface area contributed by atoms with Crippen LogP contribution in [0.15, 0.2) is 34.1 Å². The van der Waals surface area contributed by atoms with Crippen LogP contribution in [-0.2, 0) is 10.0 Å². The molecule has 0 atom stereocenters. The van der Waals surface area contributed by atoms with E-state index in [1.807, 2.05) is 0 Å². The normalized spacial score (nSPS) is 16.5. The van der Waals surface area contributed by atoms with Crippen LogP contribution >= 0.6 is 11.3 Å². The van der Waals surface area contributed by atoms with Gasteiger partial charge in [0.2, 0.25) is 0 Å². The van der Waals surface area contributed by atoms with Gasteiger partial charge in [0.25, 0.3) is 15.9 Å². The zero-order valence-electron chi connectivity index (χ0n) is 12.5. The quantitative estimate of drug-likeness (QED) is 0.823. The van der Waals surface area contributed by atoms with Gasteiger partial charge in [-0.1, -0.05) is 6.07 Å². The Morgan fingerprint density at radius 2 is 1.91 bits per heavy atom. The number of hydrogen-bond acceptors (Lipinski definition) is 6. The minimum atomic E-state index is -3.45. The van der Waals surface area contributed by atoms with Gasteiger partial charge in [-0.15, -0.1) is 11.3 Å². The Kier molecular flexibility index (Phi) is 4.42. The van der Waals surface area contributed by atoms with Gasteiger partial charge in [-0.2, -0.15) is 4.31 Å². The molecule has 0 unspecified atom stereocenters. The minimum absolute atomic E-state index is 0.217. The maximum atomic E-state index is 12.4. The van der Waals surface area contributed by atoms with Gasteiger partial charge >= 0.3 is 0 Å². The van der Waals surface area contributed by atoms with Crippen molar-refractivity contribution in [2.45, 2.75) is 11.1 Å². The Morgan fingerprint density at radius 1 is 1.17 bits per heavy atom. The minimum Gasteiger partial charge on any atom is -0.335 e. The molecule has 1 saturated heterocycles. The fourth-order valence-corrected chi connectivity index (χ4v) is 4.90. The van der Waals surface area contributed by atoms with Crippen molar-refractivity contribution >= 4 is 27.3 Å². The van der Waals surface area contributed by atoms with Gasteiger partial charge in [-0.05, 0) is 18.4 Å². The lowest BCUT2D eigenvalue weighted by Crippen LogP contribution is -2.50. The Balaban J connectivity index is 1.67. The second kappa shape index (κ2) is 6.34. The molecule has 1 fully saturated rings. The van der Waals surface area contributed by atoms with Crippen LogP contribution in [0.5, 0.6) is 0 Å². The van der Waals surface area contributed by atoms with E-state index in [-0.39, 0.29) is 24.7 Å². The summed E-state index contributed by atoms with van der Waals surface area (Å²) >= 11 is 1.20. The number of hydrogen-bond donors (Lipinski definition) is 0. The lowest BCUT2D eigenvalue weighted by Gasteiger charge is -2.33. The summed E-state index contributed by atoms with van der Waals surface area (Å²) in [6.07, 6.45) is 3.00. The molecule has 0 aliphatic carbocycles. The number of aromatic nitrogens is 2. The summed E-state index contributed by atoms with van der Waals surface area (Å²) in [5.74, 6) is -0.217. The average molecular weight is 352 g/mol. The highest BCUT2D eigenvalue weighted by molar-refractivity contribution is 7.91. The fraction of sp³-hybridized carbons (Fsp3) is 0.357. The van der Waals surface area contributed by atoms with Crippen LogP contribution in [0.4, 0.5) is 0 Å². The summed E-state index contributed by atoms with van der Waals surface area (Å²) < 4.78 is 26.6. The van der Waals surface area contributed by atoms with Crippen LogP contribution in [-0.4, -0.2) is 59.7 Å². The first-order chi connectivity index (χ1) is 11.0.